The molecule has 0 bridgehead atoms. The normalized spacial score (nSPS) is 11.1. The van der Waals surface area contributed by atoms with Crippen molar-refractivity contribution in [3.63, 3.8) is 0 Å². The van der Waals surface area contributed by atoms with Crippen molar-refractivity contribution in [1.82, 2.24) is 10.3 Å². The smallest absolute Gasteiger partial charge is 0.319 e. The molecule has 6 nitrogen and oxygen atoms in total. The van der Waals surface area contributed by atoms with Crippen LogP contribution in [-0.2, 0) is 16.4 Å². The fourth-order valence-electron chi connectivity index (χ4n) is 2.36. The summed E-state index contributed by atoms with van der Waals surface area (Å²) in [6.07, 6.45) is 3.22. The van der Waals surface area contributed by atoms with Crippen molar-refractivity contribution >= 4 is 21.6 Å². The number of pyridine rings is 1. The van der Waals surface area contributed by atoms with Crippen LogP contribution in [0.3, 0.4) is 0 Å². The van der Waals surface area contributed by atoms with Crippen LogP contribution in [0.4, 0.5) is 19.3 Å². The van der Waals surface area contributed by atoms with Gasteiger partial charge in [0, 0.05) is 24.6 Å². The van der Waals surface area contributed by atoms with E-state index in [-0.39, 0.29) is 9.79 Å². The number of sulfone groups is 1. The third-order valence-corrected chi connectivity index (χ3v) is 5.59. The molecule has 0 aliphatic carbocycles. The number of hydrogen-bond donors (Lipinski definition) is 2. The van der Waals surface area contributed by atoms with Gasteiger partial charge in [0.2, 0.25) is 9.84 Å². The van der Waals surface area contributed by atoms with Crippen LogP contribution in [0, 0.1) is 11.6 Å². The summed E-state index contributed by atoms with van der Waals surface area (Å²) in [5.74, 6) is -2.37. The van der Waals surface area contributed by atoms with Gasteiger partial charge in [0.1, 0.15) is 0 Å². The lowest BCUT2D eigenvalue weighted by molar-refractivity contribution is 0.251. The Kier molecular flexibility index (Phi) is 5.65. The number of urea groups is 1. The number of hydrogen-bond acceptors (Lipinski definition) is 4. The summed E-state index contributed by atoms with van der Waals surface area (Å²) in [6.45, 7) is 0.303. The Labute approximate surface area is 160 Å². The minimum Gasteiger partial charge on any atom is -0.334 e. The van der Waals surface area contributed by atoms with E-state index in [1.54, 1.807) is 24.5 Å². The zero-order valence-corrected chi connectivity index (χ0v) is 15.2. The molecule has 1 aromatic heterocycles. The largest absolute Gasteiger partial charge is 0.334 e. The lowest BCUT2D eigenvalue weighted by atomic mass is 10.3. The van der Waals surface area contributed by atoms with Crippen molar-refractivity contribution in [1.29, 1.82) is 0 Å². The van der Waals surface area contributed by atoms with E-state index < -0.39 is 27.5 Å². The van der Waals surface area contributed by atoms with Crippen LogP contribution < -0.4 is 10.6 Å². The number of rotatable bonds is 5. The Bertz CT molecular complexity index is 1090. The van der Waals surface area contributed by atoms with Crippen molar-refractivity contribution in [3.05, 3.63) is 84.2 Å². The monoisotopic (exact) mass is 403 g/mol. The Hall–Kier alpha value is -3.33. The standard InChI is InChI=1S/C19H15F2N3O3S/c20-17-6-5-16(11-18(17)21)28(26,27)15-3-1-14(2-4-15)24-19(25)23-12-13-7-9-22-10-8-13/h1-11H,12H2,(H2,23,24,25). The third kappa shape index (κ3) is 4.49. The van der Waals surface area contributed by atoms with Crippen LogP contribution in [0.25, 0.3) is 0 Å². The molecule has 2 N–H and O–H groups in total. The molecule has 0 aliphatic rings. The molecule has 0 saturated heterocycles. The highest BCUT2D eigenvalue weighted by atomic mass is 32.2. The summed E-state index contributed by atoms with van der Waals surface area (Å²) >= 11 is 0. The zero-order valence-electron chi connectivity index (χ0n) is 14.4. The number of benzene rings is 2. The first-order chi connectivity index (χ1) is 13.4. The molecule has 0 saturated carbocycles. The second-order valence-corrected chi connectivity index (χ2v) is 7.72. The number of carbonyl (C=O) groups is 1. The number of anilines is 1. The Morgan fingerprint density at radius 3 is 2.18 bits per heavy atom. The van der Waals surface area contributed by atoms with E-state index >= 15 is 0 Å². The predicted octanol–water partition coefficient (Wildman–Crippen LogP) is 3.51. The van der Waals surface area contributed by atoms with Gasteiger partial charge < -0.3 is 10.6 Å². The Balaban J connectivity index is 1.67. The first-order valence-electron chi connectivity index (χ1n) is 8.10. The summed E-state index contributed by atoms with van der Waals surface area (Å²) in [4.78, 5) is 15.3. The highest BCUT2D eigenvalue weighted by Crippen LogP contribution is 2.23. The summed E-state index contributed by atoms with van der Waals surface area (Å²) in [5.41, 5.74) is 1.24. The molecule has 1 heterocycles. The van der Waals surface area contributed by atoms with Crippen molar-refractivity contribution in [3.8, 4) is 0 Å². The highest BCUT2D eigenvalue weighted by molar-refractivity contribution is 7.91. The van der Waals surface area contributed by atoms with Crippen LogP contribution in [0.15, 0.2) is 76.8 Å². The van der Waals surface area contributed by atoms with Crippen LogP contribution in [0.5, 0.6) is 0 Å². The average Bonchev–Trinajstić information content (AvgIpc) is 2.69. The number of halogens is 2. The van der Waals surface area contributed by atoms with E-state index in [2.05, 4.69) is 15.6 Å². The fourth-order valence-corrected chi connectivity index (χ4v) is 3.63. The van der Waals surface area contributed by atoms with Gasteiger partial charge >= 0.3 is 6.03 Å². The fraction of sp³-hybridized carbons (Fsp3) is 0.0526. The molecule has 28 heavy (non-hydrogen) atoms. The number of nitrogens with zero attached hydrogens (tertiary/aromatic N) is 1. The van der Waals surface area contributed by atoms with E-state index in [0.29, 0.717) is 18.3 Å². The second-order valence-electron chi connectivity index (χ2n) is 5.77. The van der Waals surface area contributed by atoms with Gasteiger partial charge in [0.15, 0.2) is 11.6 Å². The Morgan fingerprint density at radius 1 is 0.893 bits per heavy atom. The summed E-state index contributed by atoms with van der Waals surface area (Å²) in [7, 11) is -4.01. The molecule has 2 amide bonds. The van der Waals surface area contributed by atoms with E-state index in [4.69, 9.17) is 0 Å². The molecule has 3 rings (SSSR count). The Morgan fingerprint density at radius 2 is 1.54 bits per heavy atom. The van der Waals surface area contributed by atoms with E-state index in [1.165, 1.54) is 24.3 Å². The molecule has 0 aliphatic heterocycles. The van der Waals surface area contributed by atoms with Crippen molar-refractivity contribution in [2.75, 3.05) is 5.32 Å². The lowest BCUT2D eigenvalue weighted by Gasteiger charge is -2.09. The third-order valence-electron chi connectivity index (χ3n) is 3.83. The maximum absolute atomic E-state index is 13.3. The van der Waals surface area contributed by atoms with Gasteiger partial charge in [-0.3, -0.25) is 4.98 Å². The number of nitrogens with one attached hydrogen (secondary N) is 2. The molecule has 0 atom stereocenters. The van der Waals surface area contributed by atoms with E-state index in [0.717, 1.165) is 17.7 Å². The van der Waals surface area contributed by atoms with Crippen LogP contribution in [-0.4, -0.2) is 19.4 Å². The molecule has 9 heteroatoms. The van der Waals surface area contributed by atoms with E-state index in [1.807, 2.05) is 0 Å². The first-order valence-corrected chi connectivity index (χ1v) is 9.58. The quantitative estimate of drug-likeness (QED) is 0.638. The van der Waals surface area contributed by atoms with Crippen molar-refractivity contribution in [2.24, 2.45) is 0 Å². The summed E-state index contributed by atoms with van der Waals surface area (Å²) in [6, 6.07) is 10.8. The molecule has 3 aromatic rings. The van der Waals surface area contributed by atoms with Gasteiger partial charge in [-0.25, -0.2) is 22.0 Å². The number of carbonyl (C=O) groups excluding carboxylic acids is 1. The lowest BCUT2D eigenvalue weighted by Crippen LogP contribution is -2.28. The minimum absolute atomic E-state index is 0.110. The zero-order chi connectivity index (χ0) is 20.1. The van der Waals surface area contributed by atoms with Crippen LogP contribution >= 0.6 is 0 Å². The SMILES string of the molecule is O=C(NCc1ccncc1)Nc1ccc(S(=O)(=O)c2ccc(F)c(F)c2)cc1. The van der Waals surface area contributed by atoms with Crippen molar-refractivity contribution < 1.29 is 22.0 Å². The molecule has 0 fully saturated rings. The van der Waals surface area contributed by atoms with Gasteiger partial charge in [-0.2, -0.15) is 0 Å². The van der Waals surface area contributed by atoms with E-state index in [9.17, 15) is 22.0 Å². The summed E-state index contributed by atoms with van der Waals surface area (Å²) in [5, 5.41) is 5.23. The van der Waals surface area contributed by atoms with Gasteiger partial charge in [0.05, 0.1) is 9.79 Å². The maximum Gasteiger partial charge on any atom is 0.319 e. The average molecular weight is 403 g/mol. The predicted molar refractivity (Wildman–Crippen MR) is 98.3 cm³/mol. The topological polar surface area (TPSA) is 88.2 Å². The molecule has 144 valence electrons. The number of amides is 2. The molecule has 0 radical (unpaired) electrons. The van der Waals surface area contributed by atoms with Crippen LogP contribution in [0.2, 0.25) is 0 Å². The molecule has 0 unspecified atom stereocenters. The molecule has 0 spiro atoms. The number of aromatic nitrogens is 1. The maximum atomic E-state index is 13.3. The summed E-state index contributed by atoms with van der Waals surface area (Å²) < 4.78 is 51.3. The van der Waals surface area contributed by atoms with Gasteiger partial charge in [0.25, 0.3) is 0 Å². The second kappa shape index (κ2) is 8.13. The van der Waals surface area contributed by atoms with Crippen molar-refractivity contribution in [2.45, 2.75) is 16.3 Å². The first kappa shape index (κ1) is 19.4. The van der Waals surface area contributed by atoms with Gasteiger partial charge in [-0.05, 0) is 60.2 Å². The van der Waals surface area contributed by atoms with Gasteiger partial charge in [-0.1, -0.05) is 0 Å². The molecular weight excluding hydrogens is 388 g/mol. The highest BCUT2D eigenvalue weighted by Gasteiger charge is 2.19. The van der Waals surface area contributed by atoms with Crippen LogP contribution in [0.1, 0.15) is 5.56 Å². The minimum atomic E-state index is -4.01. The molecule has 2 aromatic carbocycles. The molecular formula is C19H15F2N3O3S. The van der Waals surface area contributed by atoms with Gasteiger partial charge in [-0.15, -0.1) is 0 Å².